The lowest BCUT2D eigenvalue weighted by Gasteiger charge is -2.41. The molecule has 2 atom stereocenters. The van der Waals surface area contributed by atoms with Crippen molar-refractivity contribution < 1.29 is 0 Å². The monoisotopic (exact) mass is 691 g/mol. The molecule has 3 heterocycles. The first kappa shape index (κ1) is 30.9. The third-order valence-corrected chi connectivity index (χ3v) is 11.5. The van der Waals surface area contributed by atoms with Gasteiger partial charge in [-0.05, 0) is 101 Å². The fourth-order valence-corrected chi connectivity index (χ4v) is 8.73. The molecule has 0 fully saturated rings. The second-order valence-corrected chi connectivity index (χ2v) is 14.6. The van der Waals surface area contributed by atoms with E-state index in [1.165, 1.54) is 88.1 Å². The smallest absolute Gasteiger partial charge is 0.104 e. The number of nitrogens with one attached hydrogen (secondary N) is 2. The van der Waals surface area contributed by atoms with Crippen molar-refractivity contribution in [1.82, 2.24) is 15.5 Å². The van der Waals surface area contributed by atoms with Gasteiger partial charge in [-0.3, -0.25) is 5.32 Å². The quantitative estimate of drug-likeness (QED) is 0.170. The molecular formula is C51H37N3. The van der Waals surface area contributed by atoms with Crippen LogP contribution in [0, 0.1) is 0 Å². The molecule has 0 aromatic heterocycles. The summed E-state index contributed by atoms with van der Waals surface area (Å²) in [6.45, 7) is 1.00. The van der Waals surface area contributed by atoms with Crippen LogP contribution in [0.25, 0.3) is 65.8 Å². The molecule has 3 aliphatic heterocycles. The summed E-state index contributed by atoms with van der Waals surface area (Å²) in [5.74, 6) is 0. The number of allylic oxidation sites excluding steroid dienone is 1. The Balaban J connectivity index is 1.02. The predicted octanol–water partition coefficient (Wildman–Crippen LogP) is 12.0. The maximum absolute atomic E-state index is 3.99. The van der Waals surface area contributed by atoms with Crippen molar-refractivity contribution in [3.05, 3.63) is 216 Å². The Labute approximate surface area is 315 Å². The van der Waals surface area contributed by atoms with E-state index in [1.807, 2.05) is 0 Å². The Hall–Kier alpha value is -6.68. The highest BCUT2D eigenvalue weighted by Gasteiger charge is 2.30. The van der Waals surface area contributed by atoms with Crippen LogP contribution in [0.2, 0.25) is 0 Å². The number of hydrogen-bond donors (Lipinski definition) is 2. The number of fused-ring (bicyclic) bond motifs is 4. The van der Waals surface area contributed by atoms with Gasteiger partial charge in [0.15, 0.2) is 0 Å². The number of rotatable bonds is 6. The second-order valence-electron chi connectivity index (χ2n) is 14.6. The summed E-state index contributed by atoms with van der Waals surface area (Å²) >= 11 is 0. The molecule has 11 rings (SSSR count). The van der Waals surface area contributed by atoms with Gasteiger partial charge in [-0.1, -0.05) is 158 Å². The van der Waals surface area contributed by atoms with Gasteiger partial charge in [0.05, 0.1) is 12.6 Å². The average Bonchev–Trinajstić information content (AvgIpc) is 3.23. The van der Waals surface area contributed by atoms with Crippen molar-refractivity contribution in [1.29, 1.82) is 0 Å². The summed E-state index contributed by atoms with van der Waals surface area (Å²) in [5.41, 5.74) is 13.9. The van der Waals surface area contributed by atoms with Crippen LogP contribution < -0.4 is 10.6 Å². The summed E-state index contributed by atoms with van der Waals surface area (Å²) in [6, 6.07) is 62.3. The fraction of sp³-hybridized carbons (Fsp3) is 0.0588. The van der Waals surface area contributed by atoms with Crippen LogP contribution in [-0.4, -0.2) is 11.4 Å². The molecule has 0 saturated carbocycles. The van der Waals surface area contributed by atoms with Crippen molar-refractivity contribution in [3.8, 4) is 22.3 Å². The Morgan fingerprint density at radius 3 is 1.78 bits per heavy atom. The Morgan fingerprint density at radius 1 is 0.481 bits per heavy atom. The topological polar surface area (TPSA) is 27.3 Å². The van der Waals surface area contributed by atoms with Gasteiger partial charge in [-0.25, -0.2) is 0 Å². The molecule has 54 heavy (non-hydrogen) atoms. The number of hydrogen-bond acceptors (Lipinski definition) is 3. The number of benzene rings is 8. The molecule has 0 spiro atoms. The third-order valence-electron chi connectivity index (χ3n) is 11.5. The van der Waals surface area contributed by atoms with E-state index in [-0.39, 0.29) is 12.2 Å². The molecule has 0 bridgehead atoms. The fourth-order valence-electron chi connectivity index (χ4n) is 8.73. The minimum absolute atomic E-state index is 0.0152. The van der Waals surface area contributed by atoms with E-state index in [2.05, 4.69) is 204 Å². The molecule has 8 aromatic carbocycles. The second kappa shape index (κ2) is 12.5. The number of nitrogens with zero attached hydrogens (tertiary/aromatic N) is 1. The minimum Gasteiger partial charge on any atom is -0.366 e. The first-order chi connectivity index (χ1) is 26.7. The van der Waals surface area contributed by atoms with Crippen LogP contribution in [0.4, 0.5) is 0 Å². The maximum Gasteiger partial charge on any atom is 0.104 e. The van der Waals surface area contributed by atoms with Crippen LogP contribution in [0.15, 0.2) is 194 Å². The van der Waals surface area contributed by atoms with Crippen LogP contribution in [0.5, 0.6) is 0 Å². The van der Waals surface area contributed by atoms with Crippen molar-refractivity contribution in [2.45, 2.75) is 12.2 Å². The van der Waals surface area contributed by atoms with Gasteiger partial charge < -0.3 is 10.2 Å². The van der Waals surface area contributed by atoms with E-state index in [9.17, 15) is 0 Å². The molecule has 2 N–H and O–H groups in total. The molecule has 0 saturated heterocycles. The molecule has 0 radical (unpaired) electrons. The van der Waals surface area contributed by atoms with Gasteiger partial charge in [0.2, 0.25) is 0 Å². The Kier molecular flexibility index (Phi) is 7.14. The van der Waals surface area contributed by atoms with Gasteiger partial charge in [-0.15, -0.1) is 0 Å². The highest BCUT2D eigenvalue weighted by atomic mass is 15.2. The Morgan fingerprint density at radius 2 is 1.11 bits per heavy atom. The van der Waals surface area contributed by atoms with E-state index < -0.39 is 0 Å². The van der Waals surface area contributed by atoms with E-state index >= 15 is 0 Å². The van der Waals surface area contributed by atoms with Crippen LogP contribution in [0.1, 0.15) is 34.5 Å². The summed E-state index contributed by atoms with van der Waals surface area (Å²) < 4.78 is 0. The van der Waals surface area contributed by atoms with Crippen molar-refractivity contribution in [2.24, 2.45) is 0 Å². The summed E-state index contributed by atoms with van der Waals surface area (Å²) in [5, 5.41) is 15.5. The lowest BCUT2D eigenvalue weighted by molar-refractivity contribution is 0.442. The van der Waals surface area contributed by atoms with Crippen molar-refractivity contribution >= 4 is 43.6 Å². The van der Waals surface area contributed by atoms with E-state index in [1.54, 1.807) is 0 Å². The van der Waals surface area contributed by atoms with Gasteiger partial charge in [0.1, 0.15) is 6.17 Å². The zero-order valence-electron chi connectivity index (χ0n) is 29.7. The van der Waals surface area contributed by atoms with Gasteiger partial charge in [0.25, 0.3) is 0 Å². The summed E-state index contributed by atoms with van der Waals surface area (Å²) in [4.78, 5) is 2.30. The normalized spacial score (nSPS) is 17.6. The van der Waals surface area contributed by atoms with Crippen molar-refractivity contribution in [3.63, 3.8) is 0 Å². The van der Waals surface area contributed by atoms with Gasteiger partial charge in [-0.2, -0.15) is 0 Å². The molecule has 0 amide bonds. The first-order valence-electron chi connectivity index (χ1n) is 18.9. The van der Waals surface area contributed by atoms with Gasteiger partial charge in [0, 0.05) is 23.2 Å². The first-order valence-corrected chi connectivity index (χ1v) is 18.9. The molecule has 3 nitrogen and oxygen atoms in total. The minimum atomic E-state index is -0.118. The predicted molar refractivity (Wildman–Crippen MR) is 225 cm³/mol. The molecule has 0 aliphatic carbocycles. The molecule has 8 aromatic rings. The van der Waals surface area contributed by atoms with E-state index in [0.29, 0.717) is 0 Å². The highest BCUT2D eigenvalue weighted by Crippen LogP contribution is 2.44. The molecule has 2 unspecified atom stereocenters. The SMILES string of the molecule is C1=CN2CC(c3ccc(C4C=C(c5ccc6ccccc6c5)NC(c5cccc(-c6c7ccccc7c(-c7ccccc7)c7ccccc67)c5)N4)cc3)=C12. The largest absolute Gasteiger partial charge is 0.366 e. The summed E-state index contributed by atoms with van der Waals surface area (Å²) in [6.07, 6.45) is 6.60. The molecular weight excluding hydrogens is 655 g/mol. The lowest BCUT2D eigenvalue weighted by Crippen LogP contribution is -2.39. The maximum atomic E-state index is 3.99. The Bertz CT molecular complexity index is 2810. The lowest BCUT2D eigenvalue weighted by atomic mass is 9.85. The average molecular weight is 692 g/mol. The zero-order valence-corrected chi connectivity index (χ0v) is 29.7. The molecule has 256 valence electrons. The standard InChI is InChI=1S/C51H37N3/c1-2-12-36(13-3-1)49-41-17-6-8-19-43(41)50(44-20-9-7-18-42(44)49)39-15-10-16-40(30-39)51-52-46(35-24-22-34(23-25-35)45-32-54-28-27-48(45)54)31-47(53-51)38-26-21-33-11-4-5-14-37(33)29-38/h1-31,46,51-53H,32H2. The van der Waals surface area contributed by atoms with Crippen molar-refractivity contribution in [2.75, 3.05) is 6.54 Å². The van der Waals surface area contributed by atoms with Gasteiger partial charge >= 0.3 is 0 Å². The van der Waals surface area contributed by atoms with E-state index in [0.717, 1.165) is 12.2 Å². The highest BCUT2D eigenvalue weighted by molar-refractivity contribution is 6.21. The van der Waals surface area contributed by atoms with Crippen LogP contribution in [-0.2, 0) is 0 Å². The zero-order chi connectivity index (χ0) is 35.6. The summed E-state index contributed by atoms with van der Waals surface area (Å²) in [7, 11) is 0. The molecule has 3 aliphatic rings. The third kappa shape index (κ3) is 5.08. The van der Waals surface area contributed by atoms with Crippen LogP contribution >= 0.6 is 0 Å². The van der Waals surface area contributed by atoms with Crippen LogP contribution in [0.3, 0.4) is 0 Å². The van der Waals surface area contributed by atoms with E-state index in [4.69, 9.17) is 0 Å². The molecule has 3 heteroatoms.